The van der Waals surface area contributed by atoms with Crippen LogP contribution in [0, 0.1) is 0 Å². The Morgan fingerprint density at radius 3 is 2.30 bits per heavy atom. The fourth-order valence-electron chi connectivity index (χ4n) is 3.29. The normalized spacial score (nSPS) is 14.6. The van der Waals surface area contributed by atoms with E-state index in [4.69, 9.17) is 4.98 Å². The maximum absolute atomic E-state index is 13.0. The van der Waals surface area contributed by atoms with E-state index in [-0.39, 0.29) is 5.91 Å². The van der Waals surface area contributed by atoms with Crippen LogP contribution in [0.15, 0.2) is 89.9 Å². The monoisotopic (exact) mass is 410 g/mol. The highest BCUT2D eigenvalue weighted by Crippen LogP contribution is 2.38. The van der Waals surface area contributed by atoms with Crippen molar-refractivity contribution in [2.75, 3.05) is 10.6 Å². The molecule has 1 unspecified atom stereocenters. The first-order valence-corrected chi connectivity index (χ1v) is 10.4. The summed E-state index contributed by atoms with van der Waals surface area (Å²) in [7, 11) is 0. The van der Waals surface area contributed by atoms with E-state index < -0.39 is 6.04 Å². The second-order valence-corrected chi connectivity index (χ2v) is 7.83. The smallest absolute Gasteiger partial charge is 0.253 e. The molecule has 1 aliphatic heterocycles. The molecule has 3 aromatic carbocycles. The van der Waals surface area contributed by atoms with Gasteiger partial charge in [0.15, 0.2) is 0 Å². The van der Waals surface area contributed by atoms with Crippen molar-refractivity contribution >= 4 is 39.8 Å². The average molecular weight is 411 g/mol. The first kappa shape index (κ1) is 18.3. The molecule has 4 aromatic rings. The van der Waals surface area contributed by atoms with Gasteiger partial charge in [-0.2, -0.15) is 0 Å². The van der Waals surface area contributed by atoms with Gasteiger partial charge in [0.25, 0.3) is 5.91 Å². The summed E-state index contributed by atoms with van der Waals surface area (Å²) in [5.74, 6) is -0.173. The van der Waals surface area contributed by atoms with Gasteiger partial charge in [0.2, 0.25) is 0 Å². The van der Waals surface area contributed by atoms with Gasteiger partial charge in [0.05, 0.1) is 11.4 Å². The minimum Gasteiger partial charge on any atom is -0.368 e. The lowest BCUT2D eigenvalue weighted by Gasteiger charge is -2.20. The molecule has 0 saturated heterocycles. The molecule has 30 heavy (non-hydrogen) atoms. The molecule has 0 spiro atoms. The number of fused-ring (bicyclic) bond motifs is 1. The second kappa shape index (κ2) is 7.93. The third kappa shape index (κ3) is 3.60. The topological polar surface area (TPSA) is 66.4 Å². The van der Waals surface area contributed by atoms with Crippen molar-refractivity contribution in [3.63, 3.8) is 0 Å². The number of thiazole rings is 1. The van der Waals surface area contributed by atoms with Crippen LogP contribution in [0.5, 0.6) is 0 Å². The van der Waals surface area contributed by atoms with Gasteiger partial charge < -0.3 is 10.6 Å². The number of nitrogens with one attached hydrogen (secondary N) is 2. The molecule has 1 aromatic heterocycles. The lowest BCUT2D eigenvalue weighted by molar-refractivity contribution is -0.115. The summed E-state index contributed by atoms with van der Waals surface area (Å²) in [4.78, 5) is 22.3. The first-order valence-electron chi connectivity index (χ1n) is 9.60. The molecule has 2 N–H and O–H groups in total. The van der Waals surface area contributed by atoms with Crippen molar-refractivity contribution < 1.29 is 4.79 Å². The van der Waals surface area contributed by atoms with Crippen LogP contribution < -0.4 is 10.6 Å². The highest BCUT2D eigenvalue weighted by molar-refractivity contribution is 7.19. The summed E-state index contributed by atoms with van der Waals surface area (Å²) in [5, 5.41) is 7.88. The van der Waals surface area contributed by atoms with Crippen molar-refractivity contribution in [2.45, 2.75) is 6.04 Å². The van der Waals surface area contributed by atoms with Crippen molar-refractivity contribution in [2.24, 2.45) is 4.99 Å². The number of hydrogen-bond acceptors (Lipinski definition) is 5. The Balaban J connectivity index is 1.46. The van der Waals surface area contributed by atoms with Crippen molar-refractivity contribution in [1.82, 2.24) is 4.98 Å². The summed E-state index contributed by atoms with van der Waals surface area (Å²) in [6, 6.07) is 27.0. The van der Waals surface area contributed by atoms with Gasteiger partial charge in [-0.25, -0.2) is 4.98 Å². The largest absolute Gasteiger partial charge is 0.368 e. The molecular weight excluding hydrogens is 392 g/mol. The highest BCUT2D eigenvalue weighted by Gasteiger charge is 2.23. The van der Waals surface area contributed by atoms with E-state index >= 15 is 0 Å². The number of amides is 1. The zero-order chi connectivity index (χ0) is 20.3. The Labute approximate surface area is 178 Å². The van der Waals surface area contributed by atoms with Crippen molar-refractivity contribution in [3.05, 3.63) is 84.9 Å². The van der Waals surface area contributed by atoms with Crippen molar-refractivity contribution in [3.8, 4) is 21.8 Å². The van der Waals surface area contributed by atoms with E-state index in [9.17, 15) is 4.79 Å². The van der Waals surface area contributed by atoms with Gasteiger partial charge in [-0.1, -0.05) is 84.1 Å². The molecule has 1 atom stereocenters. The summed E-state index contributed by atoms with van der Waals surface area (Å²) in [5.41, 5.74) is 4.42. The molecule has 2 heterocycles. The molecule has 5 rings (SSSR count). The van der Waals surface area contributed by atoms with Gasteiger partial charge >= 0.3 is 0 Å². The molecule has 5 nitrogen and oxygen atoms in total. The first-order chi connectivity index (χ1) is 14.8. The lowest BCUT2D eigenvalue weighted by atomic mass is 10.1. The molecule has 0 saturated carbocycles. The molecule has 0 bridgehead atoms. The van der Waals surface area contributed by atoms with E-state index in [0.717, 1.165) is 38.2 Å². The number of benzene rings is 3. The van der Waals surface area contributed by atoms with Crippen LogP contribution in [0.3, 0.4) is 0 Å². The summed E-state index contributed by atoms with van der Waals surface area (Å²) in [6.07, 6.45) is 1.64. The van der Waals surface area contributed by atoms with Crippen LogP contribution in [0.2, 0.25) is 0 Å². The van der Waals surface area contributed by atoms with Gasteiger partial charge in [-0.3, -0.25) is 9.79 Å². The molecule has 0 fully saturated rings. The molecule has 6 heteroatoms. The van der Waals surface area contributed by atoms with E-state index in [0.29, 0.717) is 0 Å². The van der Waals surface area contributed by atoms with Gasteiger partial charge in [0, 0.05) is 17.3 Å². The molecule has 0 radical (unpaired) electrons. The van der Waals surface area contributed by atoms with Crippen molar-refractivity contribution in [1.29, 1.82) is 0 Å². The fourth-order valence-corrected chi connectivity index (χ4v) is 4.29. The maximum Gasteiger partial charge on any atom is 0.253 e. The molecular formula is C24H18N4OS. The molecule has 1 amide bonds. The van der Waals surface area contributed by atoms with Gasteiger partial charge in [-0.15, -0.1) is 0 Å². The second-order valence-electron chi connectivity index (χ2n) is 6.84. The molecule has 1 aliphatic rings. The summed E-state index contributed by atoms with van der Waals surface area (Å²) < 4.78 is 0. The number of aromatic nitrogens is 1. The van der Waals surface area contributed by atoms with Gasteiger partial charge in [-0.05, 0) is 12.1 Å². The number of para-hydroxylation sites is 2. The molecule has 0 aliphatic carbocycles. The third-order valence-electron chi connectivity index (χ3n) is 4.79. The zero-order valence-corrected chi connectivity index (χ0v) is 16.8. The number of hydrogen-bond donors (Lipinski definition) is 2. The van der Waals surface area contributed by atoms with E-state index in [1.54, 1.807) is 6.21 Å². The standard InChI is InChI=1S/C24H18N4OS/c29-22(20-15-25-18-13-7-8-14-19(18)26-20)28-24-21(16-9-3-1-4-10-16)27-23(30-24)17-11-5-2-6-12-17/h1-15,20,26H,(H,28,29). The number of carbonyl (C=O) groups is 1. The predicted molar refractivity (Wildman–Crippen MR) is 124 cm³/mol. The Morgan fingerprint density at radius 2 is 1.53 bits per heavy atom. The zero-order valence-electron chi connectivity index (χ0n) is 15.9. The Morgan fingerprint density at radius 1 is 0.867 bits per heavy atom. The number of rotatable bonds is 4. The van der Waals surface area contributed by atoms with Crippen LogP contribution in [-0.4, -0.2) is 23.1 Å². The van der Waals surface area contributed by atoms with E-state index in [2.05, 4.69) is 15.6 Å². The van der Waals surface area contributed by atoms with E-state index in [1.807, 2.05) is 84.9 Å². The number of aliphatic imine (C=N–C) groups is 1. The fraction of sp³-hybridized carbons (Fsp3) is 0.0417. The summed E-state index contributed by atoms with van der Waals surface area (Å²) in [6.45, 7) is 0. The van der Waals surface area contributed by atoms with Crippen LogP contribution in [0.4, 0.5) is 16.4 Å². The number of carbonyl (C=O) groups excluding carboxylic acids is 1. The third-order valence-corrected chi connectivity index (χ3v) is 5.81. The minimum atomic E-state index is -0.550. The maximum atomic E-state index is 13.0. The minimum absolute atomic E-state index is 0.173. The quantitative estimate of drug-likeness (QED) is 0.459. The highest BCUT2D eigenvalue weighted by atomic mass is 32.1. The van der Waals surface area contributed by atoms with Gasteiger partial charge in [0.1, 0.15) is 21.7 Å². The number of anilines is 2. The molecule has 146 valence electrons. The summed E-state index contributed by atoms with van der Waals surface area (Å²) >= 11 is 1.47. The Kier molecular flexibility index (Phi) is 4.83. The SMILES string of the molecule is O=C(Nc1sc(-c2ccccc2)nc1-c1ccccc1)C1C=Nc2ccccc2N1. The van der Waals surface area contributed by atoms with Crippen LogP contribution >= 0.6 is 11.3 Å². The predicted octanol–water partition coefficient (Wildman–Crippen LogP) is 5.61. The number of nitrogens with zero attached hydrogens (tertiary/aromatic N) is 2. The Hall–Kier alpha value is -3.77. The Bertz CT molecular complexity index is 1220. The van der Waals surface area contributed by atoms with E-state index in [1.165, 1.54) is 11.3 Å². The average Bonchev–Trinajstić information content (AvgIpc) is 3.23. The van der Waals surface area contributed by atoms with Crippen LogP contribution in [0.25, 0.3) is 21.8 Å². The van der Waals surface area contributed by atoms with Crippen LogP contribution in [-0.2, 0) is 4.79 Å². The van der Waals surface area contributed by atoms with Crippen LogP contribution in [0.1, 0.15) is 0 Å². The lowest BCUT2D eigenvalue weighted by Crippen LogP contribution is -2.37.